The Kier molecular flexibility index (Phi) is 3.80. The Morgan fingerprint density at radius 3 is 2.95 bits per heavy atom. The zero-order valence-electron chi connectivity index (χ0n) is 11.8. The minimum atomic E-state index is -0.868. The quantitative estimate of drug-likeness (QED) is 0.942. The Morgan fingerprint density at radius 1 is 1.29 bits per heavy atom. The lowest BCUT2D eigenvalue weighted by Crippen LogP contribution is -2.12. The van der Waals surface area contributed by atoms with Crippen LogP contribution in [0.15, 0.2) is 36.4 Å². The highest BCUT2D eigenvalue weighted by Gasteiger charge is 2.21. The summed E-state index contributed by atoms with van der Waals surface area (Å²) in [6, 6.07) is 10.1. The molecule has 0 amide bonds. The van der Waals surface area contributed by atoms with E-state index < -0.39 is 11.9 Å². The summed E-state index contributed by atoms with van der Waals surface area (Å²) in [5, 5.41) is 10.6. The van der Waals surface area contributed by atoms with E-state index in [0.29, 0.717) is 17.7 Å². The Morgan fingerprint density at radius 2 is 2.14 bits per heavy atom. The average molecular weight is 288 g/mol. The number of aliphatic hydroxyl groups is 1. The van der Waals surface area contributed by atoms with Crippen LogP contribution in [0.5, 0.6) is 11.5 Å². The Bertz CT molecular complexity index is 654. The lowest BCUT2D eigenvalue weighted by molar-refractivity contribution is 0.206. The number of benzene rings is 2. The molecule has 1 aliphatic rings. The van der Waals surface area contributed by atoms with Crippen molar-refractivity contribution < 1.29 is 19.0 Å². The van der Waals surface area contributed by atoms with E-state index in [1.54, 1.807) is 6.07 Å². The van der Waals surface area contributed by atoms with Gasteiger partial charge >= 0.3 is 0 Å². The molecule has 4 heteroatoms. The van der Waals surface area contributed by atoms with Gasteiger partial charge in [-0.05, 0) is 36.1 Å². The largest absolute Gasteiger partial charge is 0.494 e. The second-order valence-electron chi connectivity index (χ2n) is 5.08. The predicted octanol–water partition coefficient (Wildman–Crippen LogP) is 3.24. The Hall–Kier alpha value is -2.07. The molecule has 0 spiro atoms. The number of ether oxygens (including phenoxy) is 2. The second-order valence-corrected chi connectivity index (χ2v) is 5.08. The molecule has 110 valence electrons. The Balaban J connectivity index is 2.00. The fraction of sp³-hybridized carbons (Fsp3) is 0.294. The van der Waals surface area contributed by atoms with Crippen molar-refractivity contribution in [3.05, 3.63) is 58.9 Å². The van der Waals surface area contributed by atoms with Gasteiger partial charge in [-0.1, -0.05) is 24.3 Å². The minimum Gasteiger partial charge on any atom is -0.494 e. The first kappa shape index (κ1) is 13.9. The molecule has 1 aliphatic heterocycles. The third-order valence-electron chi connectivity index (χ3n) is 3.75. The molecule has 3 rings (SSSR count). The molecule has 3 nitrogen and oxygen atoms in total. The van der Waals surface area contributed by atoms with Crippen LogP contribution >= 0.6 is 0 Å². The number of rotatable bonds is 3. The first-order chi connectivity index (χ1) is 10.2. The molecule has 0 saturated heterocycles. The van der Waals surface area contributed by atoms with Gasteiger partial charge in [0.25, 0.3) is 0 Å². The van der Waals surface area contributed by atoms with Gasteiger partial charge in [-0.2, -0.15) is 0 Å². The van der Waals surface area contributed by atoms with E-state index in [1.165, 1.54) is 19.2 Å². The molecule has 1 atom stereocenters. The van der Waals surface area contributed by atoms with Crippen LogP contribution < -0.4 is 9.47 Å². The summed E-state index contributed by atoms with van der Waals surface area (Å²) in [6.07, 6.45) is 1.06. The van der Waals surface area contributed by atoms with Crippen molar-refractivity contribution in [1.29, 1.82) is 0 Å². The molecule has 0 aliphatic carbocycles. The fourth-order valence-corrected chi connectivity index (χ4v) is 2.66. The van der Waals surface area contributed by atoms with Crippen molar-refractivity contribution in [3.63, 3.8) is 0 Å². The summed E-state index contributed by atoms with van der Waals surface area (Å²) in [4.78, 5) is 0. The number of aliphatic hydroxyl groups excluding tert-OH is 1. The molecule has 21 heavy (non-hydrogen) atoms. The van der Waals surface area contributed by atoms with Gasteiger partial charge in [0.1, 0.15) is 11.9 Å². The van der Waals surface area contributed by atoms with Crippen molar-refractivity contribution >= 4 is 0 Å². The highest BCUT2D eigenvalue weighted by Crippen LogP contribution is 2.36. The summed E-state index contributed by atoms with van der Waals surface area (Å²) in [5.74, 6) is 0.427. The third-order valence-corrected chi connectivity index (χ3v) is 3.75. The SMILES string of the molecule is COc1cc(C(O)c2cccc3c2OCCC3)ccc1F. The summed E-state index contributed by atoms with van der Waals surface area (Å²) < 4.78 is 24.2. The van der Waals surface area contributed by atoms with Gasteiger partial charge in [-0.15, -0.1) is 0 Å². The molecule has 0 saturated carbocycles. The first-order valence-electron chi connectivity index (χ1n) is 6.97. The summed E-state index contributed by atoms with van der Waals surface area (Å²) in [5.41, 5.74) is 2.39. The van der Waals surface area contributed by atoms with Crippen LogP contribution in [0.4, 0.5) is 4.39 Å². The third kappa shape index (κ3) is 2.59. The van der Waals surface area contributed by atoms with Crippen LogP contribution in [0.1, 0.15) is 29.2 Å². The smallest absolute Gasteiger partial charge is 0.165 e. The molecule has 1 unspecified atom stereocenters. The normalized spacial score (nSPS) is 15.0. The van der Waals surface area contributed by atoms with Crippen molar-refractivity contribution in [3.8, 4) is 11.5 Å². The standard InChI is InChI=1S/C17H17FO3/c1-20-15-10-12(7-8-14(15)18)16(19)13-6-2-4-11-5-3-9-21-17(11)13/h2,4,6-8,10,16,19H,3,5,9H2,1H3. The molecule has 0 aromatic heterocycles. The van der Waals surface area contributed by atoms with Gasteiger partial charge in [0.2, 0.25) is 0 Å². The number of halogens is 1. The topological polar surface area (TPSA) is 38.7 Å². The van der Waals surface area contributed by atoms with E-state index in [0.717, 1.165) is 24.2 Å². The van der Waals surface area contributed by atoms with E-state index >= 15 is 0 Å². The van der Waals surface area contributed by atoms with Gasteiger partial charge in [0.15, 0.2) is 11.6 Å². The monoisotopic (exact) mass is 288 g/mol. The second kappa shape index (κ2) is 5.74. The average Bonchev–Trinajstić information content (AvgIpc) is 2.54. The Labute approximate surface area is 122 Å². The molecule has 1 heterocycles. The minimum absolute atomic E-state index is 0.122. The highest BCUT2D eigenvalue weighted by atomic mass is 19.1. The van der Waals surface area contributed by atoms with Gasteiger partial charge in [0, 0.05) is 5.56 Å². The molecular weight excluding hydrogens is 271 g/mol. The lowest BCUT2D eigenvalue weighted by Gasteiger charge is -2.23. The van der Waals surface area contributed by atoms with Crippen LogP contribution in [0.25, 0.3) is 0 Å². The van der Waals surface area contributed by atoms with E-state index in [1.807, 2.05) is 18.2 Å². The fourth-order valence-electron chi connectivity index (χ4n) is 2.66. The van der Waals surface area contributed by atoms with Crippen molar-refractivity contribution in [2.45, 2.75) is 18.9 Å². The maximum absolute atomic E-state index is 13.5. The number of hydrogen-bond donors (Lipinski definition) is 1. The zero-order valence-corrected chi connectivity index (χ0v) is 11.8. The molecule has 0 radical (unpaired) electrons. The van der Waals surface area contributed by atoms with Crippen molar-refractivity contribution in [1.82, 2.24) is 0 Å². The molecular formula is C17H17FO3. The number of methoxy groups -OCH3 is 1. The van der Waals surface area contributed by atoms with Gasteiger partial charge < -0.3 is 14.6 Å². The first-order valence-corrected chi connectivity index (χ1v) is 6.97. The molecule has 2 aromatic rings. The van der Waals surface area contributed by atoms with Crippen LogP contribution in [0, 0.1) is 5.82 Å². The maximum Gasteiger partial charge on any atom is 0.165 e. The van der Waals surface area contributed by atoms with E-state index in [9.17, 15) is 9.50 Å². The van der Waals surface area contributed by atoms with Gasteiger partial charge in [0.05, 0.1) is 13.7 Å². The molecule has 2 aromatic carbocycles. The number of hydrogen-bond acceptors (Lipinski definition) is 3. The van der Waals surface area contributed by atoms with E-state index in [4.69, 9.17) is 9.47 Å². The lowest BCUT2D eigenvalue weighted by atomic mass is 9.95. The molecule has 0 bridgehead atoms. The number of para-hydroxylation sites is 1. The van der Waals surface area contributed by atoms with E-state index in [2.05, 4.69) is 0 Å². The van der Waals surface area contributed by atoms with Crippen LogP contribution in [0.2, 0.25) is 0 Å². The van der Waals surface area contributed by atoms with E-state index in [-0.39, 0.29) is 5.75 Å². The predicted molar refractivity (Wildman–Crippen MR) is 77.3 cm³/mol. The zero-order chi connectivity index (χ0) is 14.8. The summed E-state index contributed by atoms with van der Waals surface area (Å²) >= 11 is 0. The van der Waals surface area contributed by atoms with Crippen molar-refractivity contribution in [2.75, 3.05) is 13.7 Å². The van der Waals surface area contributed by atoms with Crippen LogP contribution in [-0.4, -0.2) is 18.8 Å². The molecule has 1 N–H and O–H groups in total. The summed E-state index contributed by atoms with van der Waals surface area (Å²) in [7, 11) is 1.40. The van der Waals surface area contributed by atoms with Crippen molar-refractivity contribution in [2.24, 2.45) is 0 Å². The number of fused-ring (bicyclic) bond motifs is 1. The van der Waals surface area contributed by atoms with Gasteiger partial charge in [-0.25, -0.2) is 4.39 Å². The number of aryl methyl sites for hydroxylation is 1. The molecule has 0 fully saturated rings. The van der Waals surface area contributed by atoms with Crippen LogP contribution in [-0.2, 0) is 6.42 Å². The van der Waals surface area contributed by atoms with Gasteiger partial charge in [-0.3, -0.25) is 0 Å². The highest BCUT2D eigenvalue weighted by molar-refractivity contribution is 5.47. The maximum atomic E-state index is 13.5. The van der Waals surface area contributed by atoms with Crippen LogP contribution in [0.3, 0.4) is 0 Å². The summed E-state index contributed by atoms with van der Waals surface area (Å²) in [6.45, 7) is 0.656.